The number of para-hydroxylation sites is 1. The van der Waals surface area contributed by atoms with Gasteiger partial charge in [0.1, 0.15) is 6.04 Å². The van der Waals surface area contributed by atoms with Crippen LogP contribution in [0.15, 0.2) is 54.7 Å². The van der Waals surface area contributed by atoms with Crippen LogP contribution in [-0.4, -0.2) is 35.9 Å². The molecule has 0 radical (unpaired) electrons. The normalized spacial score (nSPS) is 11.9. The number of hydrogen-bond donors (Lipinski definition) is 3. The number of ether oxygens (including phenoxy) is 1. The van der Waals surface area contributed by atoms with Crippen molar-refractivity contribution in [3.8, 4) is 0 Å². The monoisotopic (exact) mass is 421 g/mol. The molecule has 0 spiro atoms. The van der Waals surface area contributed by atoms with E-state index in [0.29, 0.717) is 12.1 Å². The molecule has 1 unspecified atom stereocenters. The van der Waals surface area contributed by atoms with Gasteiger partial charge in [-0.05, 0) is 29.3 Å². The summed E-state index contributed by atoms with van der Waals surface area (Å²) < 4.78 is 4.70. The number of amides is 2. The van der Waals surface area contributed by atoms with E-state index in [1.54, 1.807) is 38.1 Å². The number of rotatable bonds is 8. The minimum Gasteiger partial charge on any atom is -0.469 e. The molecule has 1 heterocycles. The SMILES string of the molecule is COC(=O)Cc1cccc(NC(=O)C(Cc2c[nH]c3ccccc23)NC(=O)C(C)C)c1. The molecule has 7 heteroatoms. The molecule has 31 heavy (non-hydrogen) atoms. The fraction of sp³-hybridized carbons (Fsp3) is 0.292. The molecule has 0 aliphatic carbocycles. The Labute approximate surface area is 181 Å². The standard InChI is InChI=1S/C24H27N3O4/c1-15(2)23(29)27-21(13-17-14-25-20-10-5-4-9-19(17)20)24(30)26-18-8-6-7-16(11-18)12-22(28)31-3/h4-11,14-15,21,25H,12-13H2,1-3H3,(H,26,30)(H,27,29). The Morgan fingerprint density at radius 1 is 1.03 bits per heavy atom. The first-order valence-electron chi connectivity index (χ1n) is 10.2. The highest BCUT2D eigenvalue weighted by Crippen LogP contribution is 2.20. The molecule has 1 atom stereocenters. The third-order valence-electron chi connectivity index (χ3n) is 5.03. The number of anilines is 1. The van der Waals surface area contributed by atoms with E-state index < -0.39 is 6.04 Å². The first-order valence-corrected chi connectivity index (χ1v) is 10.2. The second kappa shape index (κ2) is 9.93. The second-order valence-electron chi connectivity index (χ2n) is 7.72. The fourth-order valence-corrected chi connectivity index (χ4v) is 3.30. The van der Waals surface area contributed by atoms with Gasteiger partial charge in [-0.1, -0.05) is 44.2 Å². The molecule has 0 bridgehead atoms. The summed E-state index contributed by atoms with van der Waals surface area (Å²) in [5.41, 5.74) is 3.19. The van der Waals surface area contributed by atoms with Crippen LogP contribution < -0.4 is 10.6 Å². The van der Waals surface area contributed by atoms with Gasteiger partial charge in [0, 0.05) is 35.1 Å². The van der Waals surface area contributed by atoms with E-state index in [-0.39, 0.29) is 30.1 Å². The molecule has 2 aromatic carbocycles. The van der Waals surface area contributed by atoms with Crippen LogP contribution in [0.3, 0.4) is 0 Å². The summed E-state index contributed by atoms with van der Waals surface area (Å²) in [5.74, 6) is -1.12. The third kappa shape index (κ3) is 5.72. The van der Waals surface area contributed by atoms with Gasteiger partial charge in [0.15, 0.2) is 0 Å². The van der Waals surface area contributed by atoms with Crippen LogP contribution in [0.1, 0.15) is 25.0 Å². The fourth-order valence-electron chi connectivity index (χ4n) is 3.30. The molecule has 0 aliphatic rings. The van der Waals surface area contributed by atoms with E-state index in [2.05, 4.69) is 15.6 Å². The number of carbonyl (C=O) groups is 3. The number of carbonyl (C=O) groups excluding carboxylic acids is 3. The van der Waals surface area contributed by atoms with E-state index in [1.165, 1.54) is 7.11 Å². The zero-order valence-corrected chi connectivity index (χ0v) is 17.9. The van der Waals surface area contributed by atoms with Crippen LogP contribution >= 0.6 is 0 Å². The summed E-state index contributed by atoms with van der Waals surface area (Å²) in [7, 11) is 1.33. The molecule has 3 aromatic rings. The molecule has 7 nitrogen and oxygen atoms in total. The van der Waals surface area contributed by atoms with Crippen molar-refractivity contribution in [2.75, 3.05) is 12.4 Å². The lowest BCUT2D eigenvalue weighted by Gasteiger charge is -2.20. The number of fused-ring (bicyclic) bond motifs is 1. The molecular formula is C24H27N3O4. The lowest BCUT2D eigenvalue weighted by Crippen LogP contribution is -2.46. The van der Waals surface area contributed by atoms with Crippen molar-refractivity contribution in [3.05, 3.63) is 65.9 Å². The van der Waals surface area contributed by atoms with Gasteiger partial charge in [-0.2, -0.15) is 0 Å². The molecule has 0 saturated carbocycles. The summed E-state index contributed by atoms with van der Waals surface area (Å²) in [6, 6.07) is 14.1. The Morgan fingerprint density at radius 2 is 1.81 bits per heavy atom. The zero-order chi connectivity index (χ0) is 22.4. The lowest BCUT2D eigenvalue weighted by atomic mass is 10.0. The molecular weight excluding hydrogens is 394 g/mol. The molecule has 0 aliphatic heterocycles. The number of aromatic amines is 1. The summed E-state index contributed by atoms with van der Waals surface area (Å²) in [4.78, 5) is 40.2. The minimum absolute atomic E-state index is 0.114. The average Bonchev–Trinajstić information content (AvgIpc) is 3.16. The van der Waals surface area contributed by atoms with Gasteiger partial charge < -0.3 is 20.4 Å². The Morgan fingerprint density at radius 3 is 2.55 bits per heavy atom. The van der Waals surface area contributed by atoms with E-state index >= 15 is 0 Å². The van der Waals surface area contributed by atoms with Crippen molar-refractivity contribution in [3.63, 3.8) is 0 Å². The molecule has 3 rings (SSSR count). The summed E-state index contributed by atoms with van der Waals surface area (Å²) >= 11 is 0. The topological polar surface area (TPSA) is 100 Å². The predicted molar refractivity (Wildman–Crippen MR) is 120 cm³/mol. The van der Waals surface area contributed by atoms with Crippen molar-refractivity contribution in [2.45, 2.75) is 32.7 Å². The molecule has 162 valence electrons. The summed E-state index contributed by atoms with van der Waals surface area (Å²) in [6.07, 6.45) is 2.32. The van der Waals surface area contributed by atoms with Gasteiger partial charge in [-0.25, -0.2) is 0 Å². The first kappa shape index (κ1) is 22.1. The van der Waals surface area contributed by atoms with Gasteiger partial charge in [-0.3, -0.25) is 14.4 Å². The third-order valence-corrected chi connectivity index (χ3v) is 5.03. The van der Waals surface area contributed by atoms with Gasteiger partial charge >= 0.3 is 5.97 Å². The molecule has 3 N–H and O–H groups in total. The van der Waals surface area contributed by atoms with Crippen molar-refractivity contribution in [1.82, 2.24) is 10.3 Å². The Balaban J connectivity index is 1.80. The van der Waals surface area contributed by atoms with Crippen LogP contribution in [0.2, 0.25) is 0 Å². The number of benzene rings is 2. The van der Waals surface area contributed by atoms with E-state index in [4.69, 9.17) is 4.74 Å². The van der Waals surface area contributed by atoms with E-state index in [1.807, 2.05) is 30.5 Å². The van der Waals surface area contributed by atoms with Crippen LogP contribution in [0, 0.1) is 5.92 Å². The molecule has 0 saturated heterocycles. The number of esters is 1. The van der Waals surface area contributed by atoms with Gasteiger partial charge in [0.25, 0.3) is 0 Å². The minimum atomic E-state index is -0.752. The van der Waals surface area contributed by atoms with E-state index in [9.17, 15) is 14.4 Å². The van der Waals surface area contributed by atoms with Crippen molar-refractivity contribution in [2.24, 2.45) is 5.92 Å². The van der Waals surface area contributed by atoms with E-state index in [0.717, 1.165) is 22.0 Å². The highest BCUT2D eigenvalue weighted by molar-refractivity contribution is 5.98. The number of hydrogen-bond acceptors (Lipinski definition) is 4. The van der Waals surface area contributed by atoms with Gasteiger partial charge in [0.05, 0.1) is 13.5 Å². The van der Waals surface area contributed by atoms with Crippen LogP contribution in [0.4, 0.5) is 5.69 Å². The largest absolute Gasteiger partial charge is 0.469 e. The summed E-state index contributed by atoms with van der Waals surface area (Å²) in [6.45, 7) is 3.57. The number of H-pyrrole nitrogens is 1. The summed E-state index contributed by atoms with van der Waals surface area (Å²) in [5, 5.41) is 6.73. The maximum Gasteiger partial charge on any atom is 0.309 e. The number of aromatic nitrogens is 1. The molecule has 1 aromatic heterocycles. The Bertz CT molecular complexity index is 1090. The Hall–Kier alpha value is -3.61. The smallest absolute Gasteiger partial charge is 0.309 e. The number of nitrogens with one attached hydrogen (secondary N) is 3. The number of methoxy groups -OCH3 is 1. The maximum atomic E-state index is 13.1. The second-order valence-corrected chi connectivity index (χ2v) is 7.72. The van der Waals surface area contributed by atoms with Crippen LogP contribution in [0.25, 0.3) is 10.9 Å². The van der Waals surface area contributed by atoms with Gasteiger partial charge in [0.2, 0.25) is 11.8 Å². The first-order chi connectivity index (χ1) is 14.9. The molecule has 0 fully saturated rings. The van der Waals surface area contributed by atoms with Crippen LogP contribution in [-0.2, 0) is 32.0 Å². The zero-order valence-electron chi connectivity index (χ0n) is 17.9. The Kier molecular flexibility index (Phi) is 7.07. The highest BCUT2D eigenvalue weighted by atomic mass is 16.5. The predicted octanol–water partition coefficient (Wildman–Crippen LogP) is 3.21. The molecule has 2 amide bonds. The van der Waals surface area contributed by atoms with Crippen LogP contribution in [0.5, 0.6) is 0 Å². The van der Waals surface area contributed by atoms with Crippen molar-refractivity contribution >= 4 is 34.4 Å². The van der Waals surface area contributed by atoms with Gasteiger partial charge in [-0.15, -0.1) is 0 Å². The lowest BCUT2D eigenvalue weighted by molar-refractivity contribution is -0.139. The maximum absolute atomic E-state index is 13.1. The van der Waals surface area contributed by atoms with Crippen molar-refractivity contribution < 1.29 is 19.1 Å². The quantitative estimate of drug-likeness (QED) is 0.486. The van der Waals surface area contributed by atoms with Crippen molar-refractivity contribution in [1.29, 1.82) is 0 Å². The average molecular weight is 421 g/mol. The highest BCUT2D eigenvalue weighted by Gasteiger charge is 2.24.